The van der Waals surface area contributed by atoms with Gasteiger partial charge in [-0.15, -0.1) is 0 Å². The summed E-state index contributed by atoms with van der Waals surface area (Å²) in [6, 6.07) is 0. The molecule has 0 amide bonds. The Morgan fingerprint density at radius 3 is 1.18 bits per heavy atom. The van der Waals surface area contributed by atoms with E-state index in [4.69, 9.17) is 0 Å². The van der Waals surface area contributed by atoms with Crippen LogP contribution in [-0.4, -0.2) is 60.6 Å². The van der Waals surface area contributed by atoms with Crippen LogP contribution in [0.3, 0.4) is 0 Å². The third-order valence-corrected chi connectivity index (χ3v) is 0.355. The average molecular weight is 190 g/mol. The largest absolute Gasteiger partial charge is 2.00 e. The zero-order valence-corrected chi connectivity index (χ0v) is 7.70. The number of hydrogen-bond donors (Lipinski definition) is 0. The third kappa shape index (κ3) is 25.8. The van der Waals surface area contributed by atoms with Crippen molar-refractivity contribution in [2.75, 3.05) is 0 Å². The maximum atomic E-state index is 9.41. The number of carboxylic acid groups (broad SMARTS) is 2. The first kappa shape index (κ1) is 22.4. The van der Waals surface area contributed by atoms with Crippen LogP contribution in [0, 0.1) is 0 Å². The molecular weight excluding hydrogens is 184 g/mol. The van der Waals surface area contributed by atoms with E-state index >= 15 is 0 Å². The average Bonchev–Trinajstić information content (AvgIpc) is 1.61. The van der Waals surface area contributed by atoms with E-state index in [1.54, 1.807) is 0 Å². The van der Waals surface area contributed by atoms with E-state index in [9.17, 15) is 19.8 Å². The summed E-state index contributed by atoms with van der Waals surface area (Å²) in [5.41, 5.74) is 0. The van der Waals surface area contributed by atoms with Crippen LogP contribution in [0.5, 0.6) is 0 Å². The Balaban J connectivity index is -0.0000000817. The van der Waals surface area contributed by atoms with Crippen LogP contribution in [-0.2, 0) is 9.59 Å². The number of hydrogen-bond acceptors (Lipinski definition) is 4. The van der Waals surface area contributed by atoms with Gasteiger partial charge in [-0.1, -0.05) is 0 Å². The zero-order chi connectivity index (χ0) is 6.57. The summed E-state index contributed by atoms with van der Waals surface area (Å²) in [6.45, 7) is 0. The fourth-order valence-electron chi connectivity index (χ4n) is 0.136. The summed E-state index contributed by atoms with van der Waals surface area (Å²) < 4.78 is 0. The van der Waals surface area contributed by atoms with Gasteiger partial charge in [-0.05, 0) is 12.2 Å². The van der Waals surface area contributed by atoms with Crippen LogP contribution in [0.2, 0.25) is 0 Å². The molecule has 0 aromatic rings. The molecule has 0 rings (SSSR count). The molecule has 0 unspecified atom stereocenters. The molecule has 4 N–H and O–H groups in total. The van der Waals surface area contributed by atoms with Gasteiger partial charge in [0.1, 0.15) is 0 Å². The van der Waals surface area contributed by atoms with Crippen molar-refractivity contribution in [2.45, 2.75) is 0 Å². The number of carbonyl (C=O) groups is 2. The van der Waals surface area contributed by atoms with E-state index in [0.717, 1.165) is 0 Å². The van der Waals surface area contributed by atoms with Crippen molar-refractivity contribution in [2.24, 2.45) is 0 Å². The number of aliphatic carboxylic acids is 2. The molecule has 0 aliphatic carbocycles. The number of carboxylic acids is 2. The molecule has 60 valence electrons. The summed E-state index contributed by atoms with van der Waals surface area (Å²) in [5.74, 6) is -3.09. The van der Waals surface area contributed by atoms with Gasteiger partial charge in [0, 0.05) is 0 Å². The topological polar surface area (TPSA) is 143 Å². The third-order valence-electron chi connectivity index (χ3n) is 0.355. The van der Waals surface area contributed by atoms with Crippen molar-refractivity contribution in [1.82, 2.24) is 0 Å². The van der Waals surface area contributed by atoms with Crippen LogP contribution >= 0.6 is 0 Å². The molecule has 0 spiro atoms. The molecule has 0 radical (unpaired) electrons. The minimum absolute atomic E-state index is 0. The maximum absolute atomic E-state index is 9.41. The molecule has 7 heteroatoms. The van der Waals surface area contributed by atoms with E-state index < -0.39 is 11.9 Å². The van der Waals surface area contributed by atoms with Gasteiger partial charge in [-0.25, -0.2) is 0 Å². The van der Waals surface area contributed by atoms with E-state index in [-0.39, 0.29) is 48.7 Å². The Hall–Kier alpha value is -0.140. The fraction of sp³-hybridized carbons (Fsp3) is 0. The molecule has 0 saturated heterocycles. The van der Waals surface area contributed by atoms with E-state index in [2.05, 4.69) is 0 Å². The molecule has 6 nitrogen and oxygen atoms in total. The second-order valence-corrected chi connectivity index (χ2v) is 0.971. The van der Waals surface area contributed by atoms with Gasteiger partial charge in [0.15, 0.2) is 0 Å². The molecule has 0 heterocycles. The Bertz CT molecular complexity index is 126. The molecule has 0 aromatic carbocycles. The molecule has 0 bridgehead atoms. The van der Waals surface area contributed by atoms with Crippen LogP contribution in [0.25, 0.3) is 0 Å². The van der Waals surface area contributed by atoms with Crippen molar-refractivity contribution in [1.29, 1.82) is 0 Å². The van der Waals surface area contributed by atoms with Crippen molar-refractivity contribution in [3.05, 3.63) is 12.2 Å². The predicted octanol–water partition coefficient (Wildman–Crippen LogP) is -4.99. The smallest absolute Gasteiger partial charge is 0.545 e. The molecule has 0 saturated carbocycles. The normalized spacial score (nSPS) is 6.91. The second-order valence-electron chi connectivity index (χ2n) is 0.971. The molecule has 0 fully saturated rings. The van der Waals surface area contributed by atoms with Crippen LogP contribution in [0.1, 0.15) is 0 Å². The van der Waals surface area contributed by atoms with Gasteiger partial charge < -0.3 is 30.8 Å². The molecule has 0 aromatic heterocycles. The Morgan fingerprint density at radius 1 is 0.909 bits per heavy atom. The fourth-order valence-corrected chi connectivity index (χ4v) is 0.136. The van der Waals surface area contributed by atoms with Gasteiger partial charge in [-0.2, -0.15) is 0 Å². The van der Waals surface area contributed by atoms with Crippen LogP contribution in [0.4, 0.5) is 0 Å². The minimum Gasteiger partial charge on any atom is -0.545 e. The standard InChI is InChI=1S/C4H4O4.Ca.2H2O/c5-3(6)1-2-4(7)8;;;/h1-2H,(H,5,6)(H,7,8);;2*1H2/q;+2;;/p-2/b2-1-;;;. The summed E-state index contributed by atoms with van der Waals surface area (Å²) in [5, 5.41) is 18.8. The first-order chi connectivity index (χ1) is 3.63. The van der Waals surface area contributed by atoms with Gasteiger partial charge in [0.25, 0.3) is 0 Å². The first-order valence-corrected chi connectivity index (χ1v) is 1.73. The zero-order valence-electron chi connectivity index (χ0n) is 5.49. The Labute approximate surface area is 92.1 Å². The second kappa shape index (κ2) is 12.5. The van der Waals surface area contributed by atoms with Crippen molar-refractivity contribution in [3.63, 3.8) is 0 Å². The maximum Gasteiger partial charge on any atom is 2.00 e. The monoisotopic (exact) mass is 190 g/mol. The Kier molecular flexibility index (Phi) is 25.6. The van der Waals surface area contributed by atoms with Crippen molar-refractivity contribution >= 4 is 49.7 Å². The van der Waals surface area contributed by atoms with Crippen molar-refractivity contribution in [3.8, 4) is 0 Å². The minimum atomic E-state index is -1.55. The van der Waals surface area contributed by atoms with E-state index in [1.807, 2.05) is 0 Å². The van der Waals surface area contributed by atoms with Gasteiger partial charge in [0.2, 0.25) is 0 Å². The first-order valence-electron chi connectivity index (χ1n) is 1.73. The molecule has 0 aliphatic rings. The van der Waals surface area contributed by atoms with E-state index in [1.165, 1.54) is 0 Å². The van der Waals surface area contributed by atoms with Crippen LogP contribution < -0.4 is 10.2 Å². The van der Waals surface area contributed by atoms with E-state index in [0.29, 0.717) is 12.2 Å². The SMILES string of the molecule is O.O.O=C([O-])/C=C\C(=O)[O-].[Ca+2]. The van der Waals surface area contributed by atoms with Crippen LogP contribution in [0.15, 0.2) is 12.2 Å². The number of rotatable bonds is 2. The predicted molar refractivity (Wildman–Crippen MR) is 32.1 cm³/mol. The summed E-state index contributed by atoms with van der Waals surface area (Å²) in [4.78, 5) is 18.8. The van der Waals surface area contributed by atoms with Crippen molar-refractivity contribution < 1.29 is 30.8 Å². The van der Waals surface area contributed by atoms with Gasteiger partial charge >= 0.3 is 37.7 Å². The van der Waals surface area contributed by atoms with Gasteiger partial charge in [-0.3, -0.25) is 0 Å². The quantitative estimate of drug-likeness (QED) is 0.317. The molecular formula is C4H6CaO6. The summed E-state index contributed by atoms with van der Waals surface area (Å²) >= 11 is 0. The number of carbonyl (C=O) groups excluding carboxylic acids is 2. The Morgan fingerprint density at radius 2 is 1.09 bits per heavy atom. The van der Waals surface area contributed by atoms with Gasteiger partial charge in [0.05, 0.1) is 11.9 Å². The molecule has 11 heavy (non-hydrogen) atoms. The molecule has 0 atom stereocenters. The summed E-state index contributed by atoms with van der Waals surface area (Å²) in [6.07, 6.45) is 0.769. The molecule has 0 aliphatic heterocycles. The summed E-state index contributed by atoms with van der Waals surface area (Å²) in [7, 11) is 0.